The van der Waals surface area contributed by atoms with Crippen LogP contribution in [0.5, 0.6) is 0 Å². The Hall–Kier alpha value is -5.03. The van der Waals surface area contributed by atoms with Gasteiger partial charge in [0, 0.05) is 29.1 Å². The summed E-state index contributed by atoms with van der Waals surface area (Å²) in [6.07, 6.45) is -11.6. The minimum Gasteiger partial charge on any atom is -0.399 e. The molecule has 6 N–H and O–H groups in total. The SMILES string of the molecule is C[C@@H](OCc1cc(F)cc(/C(=C/C(=N)N)Nc2ccccc2)c1)C(F)(F)F.C[C@@H](OCc1cc(F)cc(B2OC(C)(C)C(C)(C)O2)c1)C(F)(F)F.Nc1cc(I)n(-c2ccccc2)n1. The number of amidine groups is 1. The van der Waals surface area contributed by atoms with Gasteiger partial charge in [-0.05, 0) is 135 Å². The highest BCUT2D eigenvalue weighted by atomic mass is 127. The van der Waals surface area contributed by atoms with Crippen LogP contribution in [0.2, 0.25) is 0 Å². The second-order valence-corrected chi connectivity index (χ2v) is 16.6. The van der Waals surface area contributed by atoms with E-state index in [1.165, 1.54) is 30.3 Å². The molecule has 0 spiro atoms. The molecule has 0 radical (unpaired) electrons. The Kier molecular flexibility index (Phi) is 17.6. The number of halogens is 9. The Morgan fingerprint density at radius 2 is 1.28 bits per heavy atom. The quantitative estimate of drug-likeness (QED) is 0.0318. The Balaban J connectivity index is 0.000000222. The van der Waals surface area contributed by atoms with Gasteiger partial charge < -0.3 is 35.6 Å². The lowest BCUT2D eigenvalue weighted by Crippen LogP contribution is -2.41. The fraction of sp³-hybridized carbons (Fsp3) is 0.318. The number of anilines is 2. The lowest BCUT2D eigenvalue weighted by atomic mass is 9.78. The van der Waals surface area contributed by atoms with Crippen LogP contribution in [0.15, 0.2) is 109 Å². The fourth-order valence-corrected chi connectivity index (χ4v) is 6.25. The Labute approximate surface area is 380 Å². The average Bonchev–Trinajstić information content (AvgIpc) is 3.66. The van der Waals surface area contributed by atoms with Gasteiger partial charge >= 0.3 is 19.5 Å². The van der Waals surface area contributed by atoms with E-state index in [0.29, 0.717) is 28.2 Å². The van der Waals surface area contributed by atoms with Crippen molar-refractivity contribution >= 4 is 58.2 Å². The van der Waals surface area contributed by atoms with E-state index in [0.717, 1.165) is 35.4 Å². The average molecular weight is 1010 g/mol. The van der Waals surface area contributed by atoms with Gasteiger partial charge in [-0.3, -0.25) is 5.41 Å². The monoisotopic (exact) mass is 1010 g/mol. The first-order chi connectivity index (χ1) is 29.7. The summed E-state index contributed by atoms with van der Waals surface area (Å²) in [5.74, 6) is -0.940. The normalized spacial score (nSPS) is 15.6. The van der Waals surface area contributed by atoms with Gasteiger partial charge in [0.15, 0.2) is 12.2 Å². The van der Waals surface area contributed by atoms with Gasteiger partial charge in [0.05, 0.1) is 30.1 Å². The predicted molar refractivity (Wildman–Crippen MR) is 240 cm³/mol. The lowest BCUT2D eigenvalue weighted by molar-refractivity contribution is -0.217. The number of benzene rings is 4. The lowest BCUT2D eigenvalue weighted by Gasteiger charge is -2.32. The molecule has 2 heterocycles. The topological polar surface area (TPSA) is 143 Å². The molecule has 1 aromatic heterocycles. The number of nitrogens with zero attached hydrogens (tertiary/aromatic N) is 2. The summed E-state index contributed by atoms with van der Waals surface area (Å²) in [5, 5.41) is 14.7. The molecule has 20 heteroatoms. The second kappa shape index (κ2) is 21.8. The molecule has 1 aliphatic heterocycles. The maximum absolute atomic E-state index is 14.0. The summed E-state index contributed by atoms with van der Waals surface area (Å²) in [6, 6.07) is 28.4. The number of hydrogen-bond donors (Lipinski definition) is 4. The zero-order valence-corrected chi connectivity index (χ0v) is 37.8. The van der Waals surface area contributed by atoms with Crippen molar-refractivity contribution in [1.29, 1.82) is 5.41 Å². The van der Waals surface area contributed by atoms with Gasteiger partial charge in [0.1, 0.15) is 27.0 Å². The molecule has 0 unspecified atom stereocenters. The van der Waals surface area contributed by atoms with Gasteiger partial charge in [-0.1, -0.05) is 42.5 Å². The van der Waals surface area contributed by atoms with E-state index in [2.05, 4.69) is 33.0 Å². The van der Waals surface area contributed by atoms with Crippen molar-refractivity contribution in [3.05, 3.63) is 141 Å². The Bertz CT molecular complexity index is 2330. The highest BCUT2D eigenvalue weighted by Crippen LogP contribution is 2.36. The third-order valence-corrected chi connectivity index (χ3v) is 10.5. The van der Waals surface area contributed by atoms with Crippen LogP contribution in [-0.4, -0.2) is 58.5 Å². The van der Waals surface area contributed by atoms with Gasteiger partial charge in [0.25, 0.3) is 0 Å². The molecule has 1 fully saturated rings. The third-order valence-electron chi connectivity index (χ3n) is 9.73. The number of hydrogen-bond acceptors (Lipinski definition) is 8. The zero-order valence-electron chi connectivity index (χ0n) is 35.6. The summed E-state index contributed by atoms with van der Waals surface area (Å²) >= 11 is 2.21. The largest absolute Gasteiger partial charge is 0.494 e. The van der Waals surface area contributed by atoms with E-state index < -0.39 is 61.1 Å². The van der Waals surface area contributed by atoms with Crippen LogP contribution in [-0.2, 0) is 32.0 Å². The highest BCUT2D eigenvalue weighted by Gasteiger charge is 2.52. The number of nitrogen functional groups attached to an aromatic ring is 1. The number of nitrogens with two attached hydrogens (primary N) is 2. The summed E-state index contributed by atoms with van der Waals surface area (Å²) < 4.78 is 127. The number of alkyl halides is 6. The predicted octanol–water partition coefficient (Wildman–Crippen LogP) is 10.3. The highest BCUT2D eigenvalue weighted by molar-refractivity contribution is 14.1. The minimum absolute atomic E-state index is 0.227. The molecule has 0 bridgehead atoms. The van der Waals surface area contributed by atoms with Crippen LogP contribution >= 0.6 is 22.6 Å². The standard InChI is InChI=1S/C19H19F4N3O.C16H21BF4O3.C9H8IN3/c1-12(19(21,22)23)27-11-13-7-14(9-15(20)8-13)17(10-18(24)25)26-16-5-3-2-4-6-16;1-10(16(19,20)21)22-9-11-6-12(8-13(18)7-11)17-23-14(2,3)15(4,5)24-17;10-8-6-9(11)12-13(8)7-4-2-1-3-5-7/h2-10,12,26H,11H2,1H3,(H3,24,25);6-8,10H,9H2,1-5H3;1-6H,(H2,11,12)/b17-10-;;/t12-;10-;/m11./s1. The molecule has 64 heavy (non-hydrogen) atoms. The zero-order chi connectivity index (χ0) is 47.6. The number of ether oxygens (including phenoxy) is 2. The third kappa shape index (κ3) is 15.3. The van der Waals surface area contributed by atoms with Crippen molar-refractivity contribution in [3.63, 3.8) is 0 Å². The van der Waals surface area contributed by atoms with Crippen molar-refractivity contribution in [3.8, 4) is 5.69 Å². The Morgan fingerprint density at radius 3 is 1.75 bits per heavy atom. The molecule has 6 rings (SSSR count). The molecule has 2 atom stereocenters. The Morgan fingerprint density at radius 1 is 0.797 bits per heavy atom. The summed E-state index contributed by atoms with van der Waals surface area (Å²) in [4.78, 5) is 0. The van der Waals surface area contributed by atoms with Crippen LogP contribution in [0.25, 0.3) is 11.4 Å². The molecular formula is C44H48BF8IN6O4. The maximum atomic E-state index is 14.0. The van der Waals surface area contributed by atoms with E-state index in [4.69, 9.17) is 35.7 Å². The number of rotatable bonds is 12. The number of aromatic nitrogens is 2. The second-order valence-electron chi connectivity index (χ2n) is 15.5. The van der Waals surface area contributed by atoms with Crippen LogP contribution in [0.3, 0.4) is 0 Å². The first-order valence-electron chi connectivity index (χ1n) is 19.5. The minimum atomic E-state index is -4.50. The van der Waals surface area contributed by atoms with Gasteiger partial charge in [0.2, 0.25) is 0 Å². The van der Waals surface area contributed by atoms with E-state index in [-0.39, 0.29) is 23.6 Å². The molecule has 10 nitrogen and oxygen atoms in total. The van der Waals surface area contributed by atoms with E-state index in [1.54, 1.807) is 24.3 Å². The molecule has 5 aromatic rings. The first-order valence-corrected chi connectivity index (χ1v) is 20.6. The van der Waals surface area contributed by atoms with Crippen molar-refractivity contribution in [2.75, 3.05) is 11.1 Å². The fourth-order valence-electron chi connectivity index (χ4n) is 5.54. The number of para-hydroxylation sites is 2. The van der Waals surface area contributed by atoms with E-state index >= 15 is 0 Å². The van der Waals surface area contributed by atoms with E-state index in [9.17, 15) is 35.1 Å². The smallest absolute Gasteiger partial charge is 0.399 e. The molecule has 4 aromatic carbocycles. The molecule has 0 amide bonds. The molecule has 0 saturated carbocycles. The van der Waals surface area contributed by atoms with Crippen LogP contribution in [0, 0.1) is 20.7 Å². The van der Waals surface area contributed by atoms with Crippen molar-refractivity contribution in [1.82, 2.24) is 9.78 Å². The van der Waals surface area contributed by atoms with Gasteiger partial charge in [-0.25, -0.2) is 13.5 Å². The van der Waals surface area contributed by atoms with Crippen molar-refractivity contribution < 1.29 is 53.9 Å². The molecule has 0 aliphatic carbocycles. The maximum Gasteiger partial charge on any atom is 0.494 e. The summed E-state index contributed by atoms with van der Waals surface area (Å²) in [7, 11) is -0.788. The van der Waals surface area contributed by atoms with Gasteiger partial charge in [-0.2, -0.15) is 26.3 Å². The van der Waals surface area contributed by atoms with Crippen LogP contribution in [0.1, 0.15) is 58.2 Å². The first kappa shape index (κ1) is 51.6. The van der Waals surface area contributed by atoms with Crippen LogP contribution < -0.4 is 22.2 Å². The molecule has 1 saturated heterocycles. The summed E-state index contributed by atoms with van der Waals surface area (Å²) in [5.41, 5.74) is 13.1. The summed E-state index contributed by atoms with van der Waals surface area (Å²) in [6.45, 7) is 8.48. The molecule has 344 valence electrons. The van der Waals surface area contributed by atoms with Crippen molar-refractivity contribution in [2.45, 2.75) is 90.5 Å². The van der Waals surface area contributed by atoms with Crippen molar-refractivity contribution in [2.24, 2.45) is 5.73 Å². The molecular weight excluding hydrogens is 966 g/mol. The van der Waals surface area contributed by atoms with E-state index in [1.807, 2.05) is 74.8 Å². The number of nitrogens with one attached hydrogen (secondary N) is 2. The van der Waals surface area contributed by atoms with Crippen LogP contribution in [0.4, 0.5) is 46.6 Å². The molecule has 1 aliphatic rings. The van der Waals surface area contributed by atoms with Gasteiger partial charge in [-0.15, -0.1) is 5.10 Å².